The molecule has 0 atom stereocenters. The standard InChI is InChI=1S/C21H22N4O4S/c1-30(28,29)25-12-10-23(11-13-25)21(27)19-15-24(14-16-6-4-5-9-22-16)20(26)18-8-3-2-7-17(18)19/h2-9,15H,10-14H2,1H3. The van der Waals surface area contributed by atoms with Gasteiger partial charge in [0.15, 0.2) is 0 Å². The fourth-order valence-corrected chi connectivity index (χ4v) is 4.52. The first-order valence-corrected chi connectivity index (χ1v) is 11.5. The molecular weight excluding hydrogens is 404 g/mol. The van der Waals surface area contributed by atoms with Crippen LogP contribution in [0.25, 0.3) is 10.8 Å². The van der Waals surface area contributed by atoms with E-state index < -0.39 is 10.0 Å². The van der Waals surface area contributed by atoms with Gasteiger partial charge in [-0.1, -0.05) is 24.3 Å². The van der Waals surface area contributed by atoms with Gasteiger partial charge >= 0.3 is 0 Å². The number of hydrogen-bond donors (Lipinski definition) is 0. The van der Waals surface area contributed by atoms with Gasteiger partial charge in [-0.15, -0.1) is 0 Å². The Hall–Kier alpha value is -3.04. The van der Waals surface area contributed by atoms with Crippen LogP contribution in [0.2, 0.25) is 0 Å². The molecule has 1 aromatic carbocycles. The van der Waals surface area contributed by atoms with Gasteiger partial charge in [-0.2, -0.15) is 4.31 Å². The summed E-state index contributed by atoms with van der Waals surface area (Å²) in [6.07, 6.45) is 4.42. The van der Waals surface area contributed by atoms with Crippen molar-refractivity contribution in [3.8, 4) is 0 Å². The Bertz CT molecular complexity index is 1250. The van der Waals surface area contributed by atoms with Crippen LogP contribution in [-0.4, -0.2) is 65.5 Å². The van der Waals surface area contributed by atoms with Crippen molar-refractivity contribution in [1.82, 2.24) is 18.8 Å². The van der Waals surface area contributed by atoms with E-state index in [9.17, 15) is 18.0 Å². The molecule has 3 aromatic rings. The van der Waals surface area contributed by atoms with E-state index in [1.54, 1.807) is 47.6 Å². The van der Waals surface area contributed by atoms with Gasteiger partial charge in [0.25, 0.3) is 11.5 Å². The molecule has 4 rings (SSSR count). The van der Waals surface area contributed by atoms with E-state index in [1.807, 2.05) is 12.1 Å². The molecule has 9 heteroatoms. The Morgan fingerprint density at radius 3 is 2.30 bits per heavy atom. The smallest absolute Gasteiger partial charge is 0.258 e. The zero-order valence-electron chi connectivity index (χ0n) is 16.6. The number of carbonyl (C=O) groups excluding carboxylic acids is 1. The highest BCUT2D eigenvalue weighted by Crippen LogP contribution is 2.19. The molecular formula is C21H22N4O4S. The van der Waals surface area contributed by atoms with Gasteiger partial charge in [0.2, 0.25) is 10.0 Å². The summed E-state index contributed by atoms with van der Waals surface area (Å²) in [5, 5.41) is 1.06. The van der Waals surface area contributed by atoms with Crippen LogP contribution in [0, 0.1) is 0 Å². The third-order valence-corrected chi connectivity index (χ3v) is 6.58. The Balaban J connectivity index is 1.70. The number of amides is 1. The first-order valence-electron chi connectivity index (χ1n) is 9.61. The van der Waals surface area contributed by atoms with Crippen molar-refractivity contribution in [2.75, 3.05) is 32.4 Å². The molecule has 1 amide bonds. The maximum Gasteiger partial charge on any atom is 0.258 e. The maximum absolute atomic E-state index is 13.3. The molecule has 0 saturated carbocycles. The lowest BCUT2D eigenvalue weighted by atomic mass is 10.1. The first-order chi connectivity index (χ1) is 14.3. The number of carbonyl (C=O) groups is 1. The number of aromatic nitrogens is 2. The van der Waals surface area contributed by atoms with Crippen LogP contribution >= 0.6 is 0 Å². The van der Waals surface area contributed by atoms with E-state index in [1.165, 1.54) is 15.1 Å². The molecule has 1 aliphatic rings. The molecule has 0 bridgehead atoms. The van der Waals surface area contributed by atoms with Crippen molar-refractivity contribution >= 4 is 26.7 Å². The summed E-state index contributed by atoms with van der Waals surface area (Å²) in [5.74, 6) is -0.214. The number of sulfonamides is 1. The lowest BCUT2D eigenvalue weighted by Gasteiger charge is -2.33. The summed E-state index contributed by atoms with van der Waals surface area (Å²) in [6.45, 7) is 1.39. The highest BCUT2D eigenvalue weighted by Gasteiger charge is 2.28. The Morgan fingerprint density at radius 1 is 1.00 bits per heavy atom. The lowest BCUT2D eigenvalue weighted by Crippen LogP contribution is -2.50. The summed E-state index contributed by atoms with van der Waals surface area (Å²) in [5.41, 5.74) is 0.957. The fourth-order valence-electron chi connectivity index (χ4n) is 3.69. The van der Waals surface area contributed by atoms with Crippen LogP contribution in [0.3, 0.4) is 0 Å². The quantitative estimate of drug-likeness (QED) is 0.624. The number of pyridine rings is 2. The molecule has 0 spiro atoms. The van der Waals surface area contributed by atoms with Gasteiger partial charge in [0.05, 0.1) is 24.1 Å². The summed E-state index contributed by atoms with van der Waals surface area (Å²) < 4.78 is 26.4. The molecule has 156 valence electrons. The van der Waals surface area contributed by atoms with Gasteiger partial charge in [-0.25, -0.2) is 8.42 Å². The van der Waals surface area contributed by atoms with Gasteiger partial charge < -0.3 is 9.47 Å². The normalized spacial score (nSPS) is 15.4. The topological polar surface area (TPSA) is 92.6 Å². The number of rotatable bonds is 4. The fraction of sp³-hybridized carbons (Fsp3) is 0.286. The second-order valence-corrected chi connectivity index (χ2v) is 9.28. The SMILES string of the molecule is CS(=O)(=O)N1CCN(C(=O)c2cn(Cc3ccccn3)c(=O)c3ccccc23)CC1. The van der Waals surface area contributed by atoms with E-state index in [2.05, 4.69) is 4.98 Å². The molecule has 30 heavy (non-hydrogen) atoms. The van der Waals surface area contributed by atoms with E-state index in [-0.39, 0.29) is 31.1 Å². The summed E-state index contributed by atoms with van der Waals surface area (Å²) >= 11 is 0. The maximum atomic E-state index is 13.3. The molecule has 2 aromatic heterocycles. The van der Waals surface area contributed by atoms with E-state index >= 15 is 0 Å². The number of nitrogens with zero attached hydrogens (tertiary/aromatic N) is 4. The van der Waals surface area contributed by atoms with Crippen LogP contribution in [0.5, 0.6) is 0 Å². The van der Waals surface area contributed by atoms with Crippen molar-refractivity contribution in [3.63, 3.8) is 0 Å². The summed E-state index contributed by atoms with van der Waals surface area (Å²) in [6, 6.07) is 12.5. The summed E-state index contributed by atoms with van der Waals surface area (Å²) in [4.78, 5) is 32.2. The molecule has 8 nitrogen and oxygen atoms in total. The van der Waals surface area contributed by atoms with E-state index in [0.29, 0.717) is 29.4 Å². The molecule has 1 aliphatic heterocycles. The summed E-state index contributed by atoms with van der Waals surface area (Å²) in [7, 11) is -3.28. The first kappa shape index (κ1) is 20.2. The molecule has 0 aliphatic carbocycles. The molecule has 3 heterocycles. The second kappa shape index (κ2) is 8.00. The third-order valence-electron chi connectivity index (χ3n) is 5.28. The molecule has 1 saturated heterocycles. The number of piperazine rings is 1. The largest absolute Gasteiger partial charge is 0.336 e. The highest BCUT2D eigenvalue weighted by molar-refractivity contribution is 7.88. The van der Waals surface area contributed by atoms with Crippen molar-refractivity contribution < 1.29 is 13.2 Å². The van der Waals surface area contributed by atoms with E-state index in [4.69, 9.17) is 0 Å². The zero-order valence-corrected chi connectivity index (χ0v) is 17.4. The monoisotopic (exact) mass is 426 g/mol. The molecule has 0 radical (unpaired) electrons. The predicted octanol–water partition coefficient (Wildman–Crippen LogP) is 1.16. The number of benzene rings is 1. The van der Waals surface area contributed by atoms with Crippen molar-refractivity contribution in [2.45, 2.75) is 6.54 Å². The van der Waals surface area contributed by atoms with Gasteiger partial charge in [-0.3, -0.25) is 14.6 Å². The highest BCUT2D eigenvalue weighted by atomic mass is 32.2. The average molecular weight is 426 g/mol. The lowest BCUT2D eigenvalue weighted by molar-refractivity contribution is 0.0699. The second-order valence-electron chi connectivity index (χ2n) is 7.30. The number of fused-ring (bicyclic) bond motifs is 1. The minimum atomic E-state index is -3.28. The van der Waals surface area contributed by atoms with Crippen molar-refractivity contribution in [2.24, 2.45) is 0 Å². The predicted molar refractivity (Wildman–Crippen MR) is 114 cm³/mol. The van der Waals surface area contributed by atoms with Gasteiger partial charge in [-0.05, 0) is 18.2 Å². The average Bonchev–Trinajstić information content (AvgIpc) is 2.75. The third kappa shape index (κ3) is 3.99. The van der Waals surface area contributed by atoms with E-state index in [0.717, 1.165) is 5.69 Å². The minimum Gasteiger partial charge on any atom is -0.336 e. The van der Waals surface area contributed by atoms with Gasteiger partial charge in [0, 0.05) is 49.3 Å². The van der Waals surface area contributed by atoms with Crippen LogP contribution < -0.4 is 5.56 Å². The molecule has 0 unspecified atom stereocenters. The van der Waals surface area contributed by atoms with Crippen LogP contribution in [0.1, 0.15) is 16.1 Å². The zero-order chi connectivity index (χ0) is 21.3. The molecule has 0 N–H and O–H groups in total. The minimum absolute atomic E-state index is 0.185. The van der Waals surface area contributed by atoms with Gasteiger partial charge in [0.1, 0.15) is 0 Å². The van der Waals surface area contributed by atoms with Crippen LogP contribution in [-0.2, 0) is 16.6 Å². The number of hydrogen-bond acceptors (Lipinski definition) is 5. The molecule has 1 fully saturated rings. The Labute approximate surface area is 174 Å². The van der Waals surface area contributed by atoms with Crippen molar-refractivity contribution in [3.05, 3.63) is 76.5 Å². The Kier molecular flexibility index (Phi) is 5.40. The van der Waals surface area contributed by atoms with Crippen LogP contribution in [0.4, 0.5) is 0 Å². The van der Waals surface area contributed by atoms with Crippen LogP contribution in [0.15, 0.2) is 59.7 Å². The van der Waals surface area contributed by atoms with Crippen molar-refractivity contribution in [1.29, 1.82) is 0 Å². The Morgan fingerprint density at radius 2 is 1.67 bits per heavy atom.